The Kier molecular flexibility index (Phi) is 3.26. The molecule has 1 aromatic rings. The second kappa shape index (κ2) is 4.49. The molecule has 0 N–H and O–H groups in total. The number of hydrogen-bond acceptors (Lipinski definition) is 3. The van der Waals surface area contributed by atoms with E-state index in [9.17, 15) is 0 Å². The van der Waals surface area contributed by atoms with Gasteiger partial charge in [-0.05, 0) is 41.9 Å². The lowest BCUT2D eigenvalue weighted by Crippen LogP contribution is -2.45. The molecule has 0 aromatic carbocycles. The molecule has 0 bridgehead atoms. The predicted octanol–water partition coefficient (Wildman–Crippen LogP) is 2.46. The van der Waals surface area contributed by atoms with Crippen LogP contribution in [0.15, 0.2) is 22.8 Å². The fraction of sp³-hybridized carbons (Fsp3) is 0.545. The molecule has 1 aliphatic rings. The van der Waals surface area contributed by atoms with E-state index in [1.807, 2.05) is 18.3 Å². The van der Waals surface area contributed by atoms with Crippen molar-refractivity contribution < 1.29 is 4.74 Å². The lowest BCUT2D eigenvalue weighted by molar-refractivity contribution is -0.00545. The van der Waals surface area contributed by atoms with Crippen molar-refractivity contribution >= 4 is 21.7 Å². The third kappa shape index (κ3) is 2.69. The van der Waals surface area contributed by atoms with Crippen LogP contribution in [0.25, 0.3) is 0 Å². The third-order valence-corrected chi connectivity index (χ3v) is 2.92. The molecule has 0 spiro atoms. The molecule has 15 heavy (non-hydrogen) atoms. The zero-order chi connectivity index (χ0) is 10.8. The Morgan fingerprint density at radius 3 is 2.53 bits per heavy atom. The van der Waals surface area contributed by atoms with Gasteiger partial charge in [0.25, 0.3) is 0 Å². The van der Waals surface area contributed by atoms with E-state index in [1.54, 1.807) is 0 Å². The Hall–Kier alpha value is -0.610. The third-order valence-electron chi connectivity index (χ3n) is 2.46. The molecule has 2 rings (SSSR count). The maximum Gasteiger partial charge on any atom is 0.128 e. The van der Waals surface area contributed by atoms with Crippen LogP contribution in [0.3, 0.4) is 0 Å². The highest BCUT2D eigenvalue weighted by Gasteiger charge is 2.22. The number of morpholine rings is 1. The molecule has 2 heterocycles. The van der Waals surface area contributed by atoms with Crippen LogP contribution in [0.2, 0.25) is 0 Å². The maximum absolute atomic E-state index is 5.68. The number of rotatable bonds is 1. The largest absolute Gasteiger partial charge is 0.372 e. The molecule has 1 fully saturated rings. The number of aromatic nitrogens is 1. The van der Waals surface area contributed by atoms with Gasteiger partial charge in [0.05, 0.1) is 12.2 Å². The molecule has 1 aromatic heterocycles. The maximum atomic E-state index is 5.68. The normalized spacial score (nSPS) is 26.7. The van der Waals surface area contributed by atoms with Crippen molar-refractivity contribution in [2.24, 2.45) is 0 Å². The van der Waals surface area contributed by atoms with Crippen LogP contribution < -0.4 is 4.90 Å². The van der Waals surface area contributed by atoms with E-state index in [-0.39, 0.29) is 12.2 Å². The average Bonchev–Trinajstić information content (AvgIpc) is 2.17. The van der Waals surface area contributed by atoms with Gasteiger partial charge in [0, 0.05) is 23.8 Å². The number of pyridine rings is 1. The van der Waals surface area contributed by atoms with E-state index in [1.165, 1.54) is 0 Å². The zero-order valence-electron chi connectivity index (χ0n) is 8.98. The monoisotopic (exact) mass is 270 g/mol. The number of hydrogen-bond donors (Lipinski definition) is 0. The first-order valence-corrected chi connectivity index (χ1v) is 5.96. The summed E-state index contributed by atoms with van der Waals surface area (Å²) >= 11 is 3.39. The standard InChI is InChI=1S/C11H15BrN2O/c1-8-6-14(7-9(2)15-8)11-4-3-10(12)5-13-11/h3-5,8-9H,6-7H2,1-2H3/t8-,9-/m0/s1. The Bertz CT molecular complexity index is 318. The highest BCUT2D eigenvalue weighted by Crippen LogP contribution is 2.19. The number of ether oxygens (including phenoxy) is 1. The molecular weight excluding hydrogens is 256 g/mol. The summed E-state index contributed by atoms with van der Waals surface area (Å²) in [5.41, 5.74) is 0. The van der Waals surface area contributed by atoms with Crippen LogP contribution in [0.1, 0.15) is 13.8 Å². The summed E-state index contributed by atoms with van der Waals surface area (Å²) in [5, 5.41) is 0. The van der Waals surface area contributed by atoms with Gasteiger partial charge in [-0.15, -0.1) is 0 Å². The number of halogens is 1. The minimum Gasteiger partial charge on any atom is -0.372 e. The Labute approximate surface area is 98.6 Å². The summed E-state index contributed by atoms with van der Waals surface area (Å²) in [6, 6.07) is 4.06. The topological polar surface area (TPSA) is 25.4 Å². The first-order chi connectivity index (χ1) is 7.15. The average molecular weight is 271 g/mol. The van der Waals surface area contributed by atoms with Gasteiger partial charge in [-0.3, -0.25) is 0 Å². The van der Waals surface area contributed by atoms with Gasteiger partial charge in [0.1, 0.15) is 5.82 Å². The van der Waals surface area contributed by atoms with Crippen molar-refractivity contribution in [1.82, 2.24) is 4.98 Å². The summed E-state index contributed by atoms with van der Waals surface area (Å²) in [5.74, 6) is 1.03. The van der Waals surface area contributed by atoms with Crippen molar-refractivity contribution in [3.05, 3.63) is 22.8 Å². The molecule has 82 valence electrons. The lowest BCUT2D eigenvalue weighted by atomic mass is 10.2. The van der Waals surface area contributed by atoms with Crippen molar-refractivity contribution in [1.29, 1.82) is 0 Å². The molecule has 0 radical (unpaired) electrons. The molecule has 0 unspecified atom stereocenters. The molecule has 0 amide bonds. The summed E-state index contributed by atoms with van der Waals surface area (Å²) in [6.45, 7) is 6.03. The second-order valence-electron chi connectivity index (χ2n) is 4.00. The first kappa shape index (κ1) is 10.9. The Morgan fingerprint density at radius 1 is 1.33 bits per heavy atom. The molecule has 1 aliphatic heterocycles. The zero-order valence-corrected chi connectivity index (χ0v) is 10.6. The second-order valence-corrected chi connectivity index (χ2v) is 4.91. The van der Waals surface area contributed by atoms with Crippen molar-refractivity contribution in [2.75, 3.05) is 18.0 Å². The predicted molar refractivity (Wildman–Crippen MR) is 64.2 cm³/mol. The van der Waals surface area contributed by atoms with Gasteiger partial charge >= 0.3 is 0 Å². The summed E-state index contributed by atoms with van der Waals surface area (Å²) in [4.78, 5) is 6.66. The van der Waals surface area contributed by atoms with Gasteiger partial charge in [-0.25, -0.2) is 4.98 Å². The quantitative estimate of drug-likeness (QED) is 0.784. The summed E-state index contributed by atoms with van der Waals surface area (Å²) in [7, 11) is 0. The van der Waals surface area contributed by atoms with E-state index >= 15 is 0 Å². The van der Waals surface area contributed by atoms with E-state index in [0.717, 1.165) is 23.4 Å². The van der Waals surface area contributed by atoms with Crippen LogP contribution >= 0.6 is 15.9 Å². The van der Waals surface area contributed by atoms with Gasteiger partial charge in [-0.2, -0.15) is 0 Å². The Balaban J connectivity index is 2.12. The van der Waals surface area contributed by atoms with Crippen LogP contribution in [-0.4, -0.2) is 30.3 Å². The van der Waals surface area contributed by atoms with Crippen LogP contribution in [0.5, 0.6) is 0 Å². The smallest absolute Gasteiger partial charge is 0.128 e. The highest BCUT2D eigenvalue weighted by atomic mass is 79.9. The fourth-order valence-electron chi connectivity index (χ4n) is 1.92. The van der Waals surface area contributed by atoms with Gasteiger partial charge in [0.15, 0.2) is 0 Å². The SMILES string of the molecule is C[C@H]1CN(c2ccc(Br)cn2)C[C@H](C)O1. The summed E-state index contributed by atoms with van der Waals surface area (Å²) in [6.07, 6.45) is 2.39. The Morgan fingerprint density at radius 2 is 2.00 bits per heavy atom. The van der Waals surface area contributed by atoms with E-state index in [0.29, 0.717) is 0 Å². The number of nitrogens with zero attached hydrogens (tertiary/aromatic N) is 2. The lowest BCUT2D eigenvalue weighted by Gasteiger charge is -2.36. The van der Waals surface area contributed by atoms with Crippen LogP contribution in [0.4, 0.5) is 5.82 Å². The fourth-order valence-corrected chi connectivity index (χ4v) is 2.15. The van der Waals surface area contributed by atoms with Crippen molar-refractivity contribution in [3.8, 4) is 0 Å². The van der Waals surface area contributed by atoms with E-state index in [2.05, 4.69) is 39.7 Å². The van der Waals surface area contributed by atoms with Crippen molar-refractivity contribution in [3.63, 3.8) is 0 Å². The molecule has 0 aliphatic carbocycles. The van der Waals surface area contributed by atoms with Gasteiger partial charge in [0.2, 0.25) is 0 Å². The van der Waals surface area contributed by atoms with Crippen molar-refractivity contribution in [2.45, 2.75) is 26.1 Å². The molecule has 1 saturated heterocycles. The van der Waals surface area contributed by atoms with Crippen LogP contribution in [0, 0.1) is 0 Å². The number of anilines is 1. The van der Waals surface area contributed by atoms with E-state index < -0.39 is 0 Å². The van der Waals surface area contributed by atoms with Crippen LogP contribution in [-0.2, 0) is 4.74 Å². The molecule has 3 nitrogen and oxygen atoms in total. The summed E-state index contributed by atoms with van der Waals surface area (Å²) < 4.78 is 6.70. The van der Waals surface area contributed by atoms with Gasteiger partial charge < -0.3 is 9.64 Å². The first-order valence-electron chi connectivity index (χ1n) is 5.17. The highest BCUT2D eigenvalue weighted by molar-refractivity contribution is 9.10. The van der Waals surface area contributed by atoms with E-state index in [4.69, 9.17) is 4.74 Å². The molecule has 2 atom stereocenters. The van der Waals surface area contributed by atoms with Gasteiger partial charge in [-0.1, -0.05) is 0 Å². The molecule has 4 heteroatoms. The minimum atomic E-state index is 0.277. The molecule has 0 saturated carbocycles. The molecular formula is C11H15BrN2O. The minimum absolute atomic E-state index is 0.277.